The van der Waals surface area contributed by atoms with Gasteiger partial charge in [-0.3, -0.25) is 4.99 Å². The smallest absolute Gasteiger partial charge is 0.193 e. The number of hydrogen-bond donors (Lipinski definition) is 1. The second kappa shape index (κ2) is 8.41. The molecular weight excluding hydrogens is 334 g/mol. The van der Waals surface area contributed by atoms with Gasteiger partial charge in [-0.1, -0.05) is 36.6 Å². The molecule has 3 rings (SSSR count). The lowest BCUT2D eigenvalue weighted by atomic mass is 9.79. The molecule has 0 aromatic heterocycles. The number of hydrogen-bond acceptors (Lipinski definition) is 2. The summed E-state index contributed by atoms with van der Waals surface area (Å²) in [5.74, 6) is 1.59. The number of benzene rings is 1. The van der Waals surface area contributed by atoms with Crippen LogP contribution < -0.4 is 5.32 Å². The fraction of sp³-hybridized carbons (Fsp3) is 0.650. The molecule has 1 heterocycles. The highest BCUT2D eigenvalue weighted by Gasteiger charge is 2.36. The van der Waals surface area contributed by atoms with E-state index in [1.807, 2.05) is 19.2 Å². The Labute approximate surface area is 156 Å². The maximum absolute atomic E-state index is 6.08. The van der Waals surface area contributed by atoms with E-state index in [4.69, 9.17) is 16.3 Å². The molecule has 1 unspecified atom stereocenters. The van der Waals surface area contributed by atoms with Crippen molar-refractivity contribution in [3.63, 3.8) is 0 Å². The highest BCUT2D eigenvalue weighted by Crippen LogP contribution is 2.41. The van der Waals surface area contributed by atoms with Gasteiger partial charge in [0.2, 0.25) is 0 Å². The van der Waals surface area contributed by atoms with Crippen molar-refractivity contribution < 1.29 is 4.74 Å². The molecular formula is C20H30ClN3O. The van der Waals surface area contributed by atoms with Gasteiger partial charge in [-0.05, 0) is 37.0 Å². The van der Waals surface area contributed by atoms with Crippen LogP contribution >= 0.6 is 11.6 Å². The number of guanidine groups is 1. The van der Waals surface area contributed by atoms with Crippen molar-refractivity contribution in [2.24, 2.45) is 10.9 Å². The van der Waals surface area contributed by atoms with Crippen LogP contribution in [-0.2, 0) is 10.2 Å². The molecule has 0 spiro atoms. The number of nitrogens with one attached hydrogen (secondary N) is 1. The number of nitrogens with zero attached hydrogens (tertiary/aromatic N) is 2. The third-order valence-corrected chi connectivity index (χ3v) is 5.98. The van der Waals surface area contributed by atoms with Crippen molar-refractivity contribution in [2.45, 2.75) is 37.5 Å². The van der Waals surface area contributed by atoms with Crippen LogP contribution in [0.3, 0.4) is 0 Å². The zero-order valence-electron chi connectivity index (χ0n) is 15.4. The summed E-state index contributed by atoms with van der Waals surface area (Å²) in [5.41, 5.74) is 1.59. The molecule has 138 valence electrons. The van der Waals surface area contributed by atoms with Gasteiger partial charge in [-0.25, -0.2) is 0 Å². The summed E-state index contributed by atoms with van der Waals surface area (Å²) >= 11 is 6.08. The number of aliphatic imine (C=N–C) groups is 1. The minimum atomic E-state index is 0.192. The fourth-order valence-electron chi connectivity index (χ4n) is 4.26. The van der Waals surface area contributed by atoms with E-state index in [0.717, 1.165) is 43.7 Å². The standard InChI is InChI=1S/C20H30ClN3O/c1-22-19(24(2)13-16-9-12-25-14-16)23-15-20(10-3-4-11-20)17-5-7-18(21)8-6-17/h5-8,16H,3-4,9-15H2,1-2H3,(H,22,23). The maximum atomic E-state index is 6.08. The van der Waals surface area contributed by atoms with Crippen molar-refractivity contribution in [3.8, 4) is 0 Å². The predicted octanol–water partition coefficient (Wildman–Crippen LogP) is 3.70. The van der Waals surface area contributed by atoms with Crippen molar-refractivity contribution in [1.29, 1.82) is 0 Å². The third kappa shape index (κ3) is 4.48. The Kier molecular flexibility index (Phi) is 6.24. The van der Waals surface area contributed by atoms with Crippen LogP contribution in [0.1, 0.15) is 37.7 Å². The lowest BCUT2D eigenvalue weighted by molar-refractivity contribution is 0.181. The number of ether oxygens (including phenoxy) is 1. The van der Waals surface area contributed by atoms with Crippen molar-refractivity contribution in [3.05, 3.63) is 34.9 Å². The van der Waals surface area contributed by atoms with E-state index in [0.29, 0.717) is 5.92 Å². The van der Waals surface area contributed by atoms with E-state index in [2.05, 4.69) is 34.4 Å². The summed E-state index contributed by atoms with van der Waals surface area (Å²) in [4.78, 5) is 6.74. The van der Waals surface area contributed by atoms with E-state index in [1.54, 1.807) is 0 Å². The molecule has 1 saturated heterocycles. The van der Waals surface area contributed by atoms with E-state index in [1.165, 1.54) is 31.2 Å². The molecule has 2 fully saturated rings. The maximum Gasteiger partial charge on any atom is 0.193 e. The van der Waals surface area contributed by atoms with Crippen LogP contribution in [0.4, 0.5) is 0 Å². The topological polar surface area (TPSA) is 36.9 Å². The van der Waals surface area contributed by atoms with Crippen LogP contribution in [0.15, 0.2) is 29.3 Å². The molecule has 25 heavy (non-hydrogen) atoms. The van der Waals surface area contributed by atoms with Crippen molar-refractivity contribution in [2.75, 3.05) is 40.4 Å². The van der Waals surface area contributed by atoms with E-state index in [-0.39, 0.29) is 5.41 Å². The second-order valence-electron chi connectivity index (χ2n) is 7.51. The van der Waals surface area contributed by atoms with Crippen LogP contribution in [0, 0.1) is 5.92 Å². The predicted molar refractivity (Wildman–Crippen MR) is 105 cm³/mol. The van der Waals surface area contributed by atoms with Gasteiger partial charge < -0.3 is 15.0 Å². The van der Waals surface area contributed by atoms with E-state index < -0.39 is 0 Å². The summed E-state index contributed by atoms with van der Waals surface area (Å²) in [5, 5.41) is 4.45. The molecule has 5 heteroatoms. The Hall–Kier alpha value is -1.26. The Morgan fingerprint density at radius 2 is 2.04 bits per heavy atom. The molecule has 1 N–H and O–H groups in total. The minimum absolute atomic E-state index is 0.192. The summed E-state index contributed by atoms with van der Waals surface area (Å²) in [6, 6.07) is 8.41. The zero-order chi connectivity index (χ0) is 17.7. The van der Waals surface area contributed by atoms with Gasteiger partial charge in [0.25, 0.3) is 0 Å². The molecule has 1 atom stereocenters. The Morgan fingerprint density at radius 1 is 1.32 bits per heavy atom. The van der Waals surface area contributed by atoms with Gasteiger partial charge in [0, 0.05) is 50.1 Å². The molecule has 2 aliphatic rings. The van der Waals surface area contributed by atoms with E-state index >= 15 is 0 Å². The zero-order valence-corrected chi connectivity index (χ0v) is 16.2. The lowest BCUT2D eigenvalue weighted by Gasteiger charge is -2.33. The van der Waals surface area contributed by atoms with Gasteiger partial charge in [-0.15, -0.1) is 0 Å². The third-order valence-electron chi connectivity index (χ3n) is 5.73. The van der Waals surface area contributed by atoms with Crippen LogP contribution in [0.25, 0.3) is 0 Å². The second-order valence-corrected chi connectivity index (χ2v) is 7.94. The van der Waals surface area contributed by atoms with Crippen molar-refractivity contribution >= 4 is 17.6 Å². The SMILES string of the molecule is CN=C(NCC1(c2ccc(Cl)cc2)CCCC1)N(C)CC1CCOC1. The Morgan fingerprint density at radius 3 is 2.64 bits per heavy atom. The summed E-state index contributed by atoms with van der Waals surface area (Å²) < 4.78 is 5.50. The highest BCUT2D eigenvalue weighted by atomic mass is 35.5. The normalized spacial score (nSPS) is 23.0. The summed E-state index contributed by atoms with van der Waals surface area (Å²) in [6.45, 7) is 3.68. The molecule has 1 aromatic carbocycles. The molecule has 1 saturated carbocycles. The minimum Gasteiger partial charge on any atom is -0.381 e. The van der Waals surface area contributed by atoms with Gasteiger partial charge in [0.1, 0.15) is 0 Å². The van der Waals surface area contributed by atoms with Crippen LogP contribution in [-0.4, -0.2) is 51.3 Å². The first-order valence-electron chi connectivity index (χ1n) is 9.38. The van der Waals surface area contributed by atoms with Gasteiger partial charge in [0.15, 0.2) is 5.96 Å². The number of halogens is 1. The monoisotopic (exact) mass is 363 g/mol. The van der Waals surface area contributed by atoms with Crippen LogP contribution in [0.5, 0.6) is 0 Å². The highest BCUT2D eigenvalue weighted by molar-refractivity contribution is 6.30. The molecule has 4 nitrogen and oxygen atoms in total. The summed E-state index contributed by atoms with van der Waals surface area (Å²) in [7, 11) is 3.99. The Bertz CT molecular complexity index is 575. The Balaban J connectivity index is 1.64. The van der Waals surface area contributed by atoms with Crippen molar-refractivity contribution in [1.82, 2.24) is 10.2 Å². The molecule has 0 amide bonds. The average Bonchev–Trinajstić information content (AvgIpc) is 3.28. The fourth-order valence-corrected chi connectivity index (χ4v) is 4.38. The lowest BCUT2D eigenvalue weighted by Crippen LogP contribution is -2.46. The first-order valence-corrected chi connectivity index (χ1v) is 9.76. The molecule has 1 aliphatic carbocycles. The number of rotatable bonds is 5. The largest absolute Gasteiger partial charge is 0.381 e. The molecule has 0 bridgehead atoms. The van der Waals surface area contributed by atoms with Crippen LogP contribution in [0.2, 0.25) is 5.02 Å². The summed E-state index contributed by atoms with van der Waals surface area (Å²) in [6.07, 6.45) is 6.17. The van der Waals surface area contributed by atoms with Gasteiger partial charge in [-0.2, -0.15) is 0 Å². The van der Waals surface area contributed by atoms with Gasteiger partial charge >= 0.3 is 0 Å². The first kappa shape index (κ1) is 18.5. The average molecular weight is 364 g/mol. The molecule has 1 aliphatic heterocycles. The van der Waals surface area contributed by atoms with Gasteiger partial charge in [0.05, 0.1) is 6.61 Å². The molecule has 1 aromatic rings. The molecule has 0 radical (unpaired) electrons. The van der Waals surface area contributed by atoms with E-state index in [9.17, 15) is 0 Å². The first-order chi connectivity index (χ1) is 12.1. The quantitative estimate of drug-likeness (QED) is 0.640.